The molecule has 3 nitrogen and oxygen atoms in total. The Balaban J connectivity index is 0.00000242. The highest BCUT2D eigenvalue weighted by Crippen LogP contribution is 2.23. The number of aliphatic hydroxyl groups excluding tert-OH is 1. The number of likely N-dealkylation sites (N-methyl/N-ethyl adjacent to an activating group) is 1. The van der Waals surface area contributed by atoms with Gasteiger partial charge < -0.3 is 10.0 Å². The minimum Gasteiger partial charge on any atom is -0.387 e. The Morgan fingerprint density at radius 2 is 1.91 bits per heavy atom. The van der Waals surface area contributed by atoms with Crippen molar-refractivity contribution in [1.29, 1.82) is 0 Å². The number of hydrogen-bond donors (Lipinski definition) is 1. The van der Waals surface area contributed by atoms with E-state index >= 15 is 0 Å². The molecule has 0 spiro atoms. The highest BCUT2D eigenvalue weighted by atomic mass is 79.9. The number of pyridine rings is 1. The Morgan fingerprint density at radius 1 is 1.17 bits per heavy atom. The lowest BCUT2D eigenvalue weighted by molar-refractivity contribution is 0.127. The van der Waals surface area contributed by atoms with Gasteiger partial charge in [0, 0.05) is 31.0 Å². The van der Waals surface area contributed by atoms with Gasteiger partial charge in [-0.25, -0.2) is 0 Å². The minimum absolute atomic E-state index is 0. The summed E-state index contributed by atoms with van der Waals surface area (Å²) in [7, 11) is 1.98. The molecular formula is C16H20Br2Cl2N2O. The lowest BCUT2D eigenvalue weighted by Crippen LogP contribution is -2.26. The third-order valence-electron chi connectivity index (χ3n) is 3.32. The lowest BCUT2D eigenvalue weighted by atomic mass is 10.1. The second-order valence-electron chi connectivity index (χ2n) is 5.06. The normalized spacial score (nSPS) is 11.5. The maximum Gasteiger partial charge on any atom is 0.0931 e. The van der Waals surface area contributed by atoms with Crippen LogP contribution in [0.2, 0.25) is 10.0 Å². The molecule has 1 atom stereocenters. The highest BCUT2D eigenvalue weighted by Gasteiger charge is 2.11. The summed E-state index contributed by atoms with van der Waals surface area (Å²) in [5.74, 6) is 0. The van der Waals surface area contributed by atoms with Crippen LogP contribution in [-0.4, -0.2) is 35.1 Å². The summed E-state index contributed by atoms with van der Waals surface area (Å²) < 4.78 is 0. The molecule has 1 N–H and O–H groups in total. The molecule has 1 heterocycles. The Hall–Kier alpha value is -0.170. The molecule has 7 heteroatoms. The van der Waals surface area contributed by atoms with Crippen LogP contribution in [0.25, 0.3) is 0 Å². The Morgan fingerprint density at radius 3 is 2.52 bits per heavy atom. The molecule has 2 rings (SSSR count). The van der Waals surface area contributed by atoms with E-state index in [4.69, 9.17) is 23.2 Å². The van der Waals surface area contributed by atoms with E-state index in [1.54, 1.807) is 12.4 Å². The summed E-state index contributed by atoms with van der Waals surface area (Å²) in [5.41, 5.74) is 1.96. The summed E-state index contributed by atoms with van der Waals surface area (Å²) in [4.78, 5) is 6.10. The van der Waals surface area contributed by atoms with Gasteiger partial charge in [-0.1, -0.05) is 35.3 Å². The molecule has 0 bridgehead atoms. The summed E-state index contributed by atoms with van der Waals surface area (Å²) in [6, 6.07) is 9.37. The van der Waals surface area contributed by atoms with Gasteiger partial charge in [-0.2, -0.15) is 0 Å². The van der Waals surface area contributed by atoms with Crippen LogP contribution in [0.4, 0.5) is 0 Å². The molecule has 128 valence electrons. The van der Waals surface area contributed by atoms with Crippen LogP contribution < -0.4 is 0 Å². The molecule has 0 aliphatic heterocycles. The van der Waals surface area contributed by atoms with Crippen LogP contribution in [0.5, 0.6) is 0 Å². The Bertz CT molecular complexity index is 588. The van der Waals surface area contributed by atoms with Gasteiger partial charge in [-0.15, -0.1) is 34.0 Å². The zero-order valence-electron chi connectivity index (χ0n) is 12.7. The van der Waals surface area contributed by atoms with E-state index in [0.717, 1.165) is 24.1 Å². The number of nitrogens with zero attached hydrogens (tertiary/aromatic N) is 2. The molecule has 1 aromatic carbocycles. The fraction of sp³-hybridized carbons (Fsp3) is 0.312. The topological polar surface area (TPSA) is 36.4 Å². The number of rotatable bonds is 6. The standard InChI is InChI=1S/C16H18Cl2N2O.2BrH/c1-20(11-16(21)13-3-2-7-19-10-13)8-6-12-4-5-14(17)15(18)9-12;;/h2-5,7,9-10,16,21H,6,8,11H2,1H3;2*1H. The van der Waals surface area contributed by atoms with Crippen molar-refractivity contribution < 1.29 is 5.11 Å². The first kappa shape index (κ1) is 22.8. The molecule has 23 heavy (non-hydrogen) atoms. The van der Waals surface area contributed by atoms with E-state index in [-0.39, 0.29) is 34.0 Å². The first-order valence-electron chi connectivity index (χ1n) is 6.76. The largest absolute Gasteiger partial charge is 0.387 e. The van der Waals surface area contributed by atoms with Crippen LogP contribution in [0.1, 0.15) is 17.2 Å². The first-order valence-corrected chi connectivity index (χ1v) is 7.52. The average molecular weight is 487 g/mol. The number of aliphatic hydroxyl groups is 1. The van der Waals surface area contributed by atoms with E-state index in [9.17, 15) is 5.11 Å². The predicted octanol–water partition coefficient (Wildman–Crippen LogP) is 4.75. The predicted molar refractivity (Wildman–Crippen MR) is 108 cm³/mol. The summed E-state index contributed by atoms with van der Waals surface area (Å²) in [5, 5.41) is 11.3. The van der Waals surface area contributed by atoms with Crippen molar-refractivity contribution in [3.05, 3.63) is 63.9 Å². The van der Waals surface area contributed by atoms with Crippen molar-refractivity contribution in [3.63, 3.8) is 0 Å². The van der Waals surface area contributed by atoms with E-state index in [1.807, 2.05) is 37.4 Å². The van der Waals surface area contributed by atoms with Gasteiger partial charge in [0.15, 0.2) is 0 Å². The van der Waals surface area contributed by atoms with Gasteiger partial charge in [0.2, 0.25) is 0 Å². The quantitative estimate of drug-likeness (QED) is 0.640. The first-order chi connectivity index (χ1) is 10.1. The number of hydrogen-bond acceptors (Lipinski definition) is 3. The van der Waals surface area contributed by atoms with Crippen molar-refractivity contribution in [2.24, 2.45) is 0 Å². The minimum atomic E-state index is -0.530. The number of aromatic nitrogens is 1. The molecule has 0 radical (unpaired) electrons. The smallest absolute Gasteiger partial charge is 0.0931 e. The van der Waals surface area contributed by atoms with Crippen LogP contribution in [0.15, 0.2) is 42.7 Å². The van der Waals surface area contributed by atoms with Gasteiger partial charge in [0.1, 0.15) is 0 Å². The van der Waals surface area contributed by atoms with Gasteiger partial charge >= 0.3 is 0 Å². The second-order valence-corrected chi connectivity index (χ2v) is 5.88. The molecular weight excluding hydrogens is 467 g/mol. The second kappa shape index (κ2) is 11.4. The van der Waals surface area contributed by atoms with Crippen LogP contribution in [-0.2, 0) is 6.42 Å². The number of benzene rings is 1. The average Bonchev–Trinajstić information content (AvgIpc) is 2.49. The Labute approximate surface area is 168 Å². The van der Waals surface area contributed by atoms with Crippen molar-refractivity contribution in [2.45, 2.75) is 12.5 Å². The molecule has 2 aromatic rings. The molecule has 1 aromatic heterocycles. The molecule has 0 aliphatic rings. The lowest BCUT2D eigenvalue weighted by Gasteiger charge is -2.20. The van der Waals surface area contributed by atoms with Gasteiger partial charge in [-0.3, -0.25) is 4.98 Å². The third kappa shape index (κ3) is 7.50. The Kier molecular flexibility index (Phi) is 11.3. The van der Waals surface area contributed by atoms with Crippen LogP contribution in [0.3, 0.4) is 0 Å². The van der Waals surface area contributed by atoms with E-state index in [0.29, 0.717) is 16.6 Å². The zero-order valence-corrected chi connectivity index (χ0v) is 17.6. The molecule has 1 unspecified atom stereocenters. The molecule has 0 saturated heterocycles. The van der Waals surface area contributed by atoms with E-state index < -0.39 is 6.10 Å². The van der Waals surface area contributed by atoms with Gasteiger partial charge in [0.05, 0.1) is 16.1 Å². The molecule has 0 fully saturated rings. The van der Waals surface area contributed by atoms with E-state index in [1.165, 1.54) is 0 Å². The maximum absolute atomic E-state index is 10.1. The SMILES string of the molecule is Br.Br.CN(CCc1ccc(Cl)c(Cl)c1)CC(O)c1cccnc1. The molecule has 0 amide bonds. The number of halogens is 4. The van der Waals surface area contributed by atoms with Crippen molar-refractivity contribution in [2.75, 3.05) is 20.1 Å². The summed E-state index contributed by atoms with van der Waals surface area (Å²) in [6.07, 6.45) is 3.71. The van der Waals surface area contributed by atoms with Crippen molar-refractivity contribution in [1.82, 2.24) is 9.88 Å². The highest BCUT2D eigenvalue weighted by molar-refractivity contribution is 8.93. The monoisotopic (exact) mass is 484 g/mol. The summed E-state index contributed by atoms with van der Waals surface area (Å²) in [6.45, 7) is 1.39. The third-order valence-corrected chi connectivity index (χ3v) is 4.06. The van der Waals surface area contributed by atoms with Gasteiger partial charge in [0.25, 0.3) is 0 Å². The maximum atomic E-state index is 10.1. The van der Waals surface area contributed by atoms with Crippen molar-refractivity contribution in [3.8, 4) is 0 Å². The fourth-order valence-corrected chi connectivity index (χ4v) is 2.40. The molecule has 0 saturated carbocycles. The van der Waals surface area contributed by atoms with E-state index in [2.05, 4.69) is 9.88 Å². The fourth-order valence-electron chi connectivity index (χ4n) is 2.08. The zero-order chi connectivity index (χ0) is 15.2. The van der Waals surface area contributed by atoms with Crippen LogP contribution >= 0.6 is 57.2 Å². The van der Waals surface area contributed by atoms with Gasteiger partial charge in [-0.05, 0) is 37.2 Å². The molecule has 0 aliphatic carbocycles. The van der Waals surface area contributed by atoms with Crippen molar-refractivity contribution >= 4 is 57.2 Å². The summed E-state index contributed by atoms with van der Waals surface area (Å²) >= 11 is 11.9. The van der Waals surface area contributed by atoms with Crippen LogP contribution in [0, 0.1) is 0 Å².